The van der Waals surface area contributed by atoms with Gasteiger partial charge in [0.05, 0.1) is 7.11 Å². The molecule has 0 aliphatic rings. The van der Waals surface area contributed by atoms with Gasteiger partial charge in [0.2, 0.25) is 5.91 Å². The molecule has 30 heavy (non-hydrogen) atoms. The second-order valence-corrected chi connectivity index (χ2v) is 6.44. The summed E-state index contributed by atoms with van der Waals surface area (Å²) in [6, 6.07) is 17.8. The number of nitrogens with one attached hydrogen (secondary N) is 2. The monoisotopic (exact) mass is 405 g/mol. The van der Waals surface area contributed by atoms with Gasteiger partial charge in [-0.05, 0) is 30.3 Å². The van der Waals surface area contributed by atoms with Crippen molar-refractivity contribution in [3.63, 3.8) is 0 Å². The van der Waals surface area contributed by atoms with Crippen molar-refractivity contribution in [1.82, 2.24) is 10.3 Å². The van der Waals surface area contributed by atoms with Crippen molar-refractivity contribution in [3.05, 3.63) is 84.2 Å². The maximum Gasteiger partial charge on any atom is 0.251 e. The van der Waals surface area contributed by atoms with Gasteiger partial charge in [0.25, 0.3) is 5.91 Å². The molecule has 2 N–H and O–H groups in total. The van der Waals surface area contributed by atoms with Gasteiger partial charge in [0.1, 0.15) is 6.61 Å². The predicted molar refractivity (Wildman–Crippen MR) is 114 cm³/mol. The Kier molecular flexibility index (Phi) is 7.38. The minimum Gasteiger partial charge on any atom is -0.493 e. The molecular weight excluding hydrogens is 382 g/mol. The Morgan fingerprint density at radius 3 is 2.57 bits per heavy atom. The Hall–Kier alpha value is -3.87. The van der Waals surface area contributed by atoms with Crippen LogP contribution < -0.4 is 20.1 Å². The summed E-state index contributed by atoms with van der Waals surface area (Å²) >= 11 is 0. The highest BCUT2D eigenvalue weighted by molar-refractivity contribution is 5.95. The van der Waals surface area contributed by atoms with Crippen molar-refractivity contribution < 1.29 is 19.1 Å². The van der Waals surface area contributed by atoms with Crippen LogP contribution in [-0.4, -0.2) is 30.5 Å². The van der Waals surface area contributed by atoms with Crippen LogP contribution >= 0.6 is 0 Å². The molecule has 0 saturated heterocycles. The molecule has 0 saturated carbocycles. The SMILES string of the molecule is COc1ccc(NC(=O)CCNC(=O)c2ccccc2)cc1OCc1cccnc1. The van der Waals surface area contributed by atoms with E-state index in [1.807, 2.05) is 18.2 Å². The van der Waals surface area contributed by atoms with Crippen molar-refractivity contribution in [3.8, 4) is 11.5 Å². The third-order valence-corrected chi connectivity index (χ3v) is 4.24. The summed E-state index contributed by atoms with van der Waals surface area (Å²) < 4.78 is 11.2. The average Bonchev–Trinajstić information content (AvgIpc) is 2.79. The average molecular weight is 405 g/mol. The lowest BCUT2D eigenvalue weighted by atomic mass is 10.2. The van der Waals surface area contributed by atoms with Gasteiger partial charge < -0.3 is 20.1 Å². The number of benzene rings is 2. The molecule has 1 heterocycles. The Morgan fingerprint density at radius 2 is 1.83 bits per heavy atom. The lowest BCUT2D eigenvalue weighted by molar-refractivity contribution is -0.116. The number of anilines is 1. The number of hydrogen-bond acceptors (Lipinski definition) is 5. The molecule has 0 unspecified atom stereocenters. The standard InChI is InChI=1S/C23H23N3O4/c1-29-20-10-9-19(14-21(20)30-16-17-6-5-12-24-15-17)26-22(27)11-13-25-23(28)18-7-3-2-4-8-18/h2-10,12,14-15H,11,13,16H2,1H3,(H,25,28)(H,26,27). The molecule has 154 valence electrons. The lowest BCUT2D eigenvalue weighted by Crippen LogP contribution is -2.27. The van der Waals surface area contributed by atoms with Crippen molar-refractivity contribution >= 4 is 17.5 Å². The number of carbonyl (C=O) groups excluding carboxylic acids is 2. The van der Waals surface area contributed by atoms with Crippen molar-refractivity contribution in [1.29, 1.82) is 0 Å². The Morgan fingerprint density at radius 1 is 1.00 bits per heavy atom. The van der Waals surface area contributed by atoms with E-state index in [2.05, 4.69) is 15.6 Å². The summed E-state index contributed by atoms with van der Waals surface area (Å²) in [6.45, 7) is 0.563. The van der Waals surface area contributed by atoms with Gasteiger partial charge in [0, 0.05) is 48.2 Å². The molecule has 0 atom stereocenters. The second kappa shape index (κ2) is 10.6. The number of pyridine rings is 1. The third-order valence-electron chi connectivity index (χ3n) is 4.24. The maximum atomic E-state index is 12.2. The van der Waals surface area contributed by atoms with E-state index in [1.165, 1.54) is 0 Å². The van der Waals surface area contributed by atoms with Gasteiger partial charge >= 0.3 is 0 Å². The van der Waals surface area contributed by atoms with Crippen LogP contribution in [0, 0.1) is 0 Å². The minimum absolute atomic E-state index is 0.149. The van der Waals surface area contributed by atoms with E-state index in [9.17, 15) is 9.59 Å². The Bertz CT molecular complexity index is 978. The van der Waals surface area contributed by atoms with E-state index in [1.54, 1.807) is 62.0 Å². The molecule has 3 aromatic rings. The van der Waals surface area contributed by atoms with E-state index in [-0.39, 0.29) is 24.8 Å². The molecule has 1 aromatic heterocycles. The summed E-state index contributed by atoms with van der Waals surface area (Å²) in [4.78, 5) is 28.3. The number of amides is 2. The van der Waals surface area contributed by atoms with Crippen LogP contribution in [0.2, 0.25) is 0 Å². The summed E-state index contributed by atoms with van der Waals surface area (Å²) in [5, 5.41) is 5.54. The number of nitrogens with zero attached hydrogens (tertiary/aromatic N) is 1. The van der Waals surface area contributed by atoms with Crippen LogP contribution in [0.1, 0.15) is 22.3 Å². The first-order chi connectivity index (χ1) is 14.7. The fraction of sp³-hybridized carbons (Fsp3) is 0.174. The largest absolute Gasteiger partial charge is 0.493 e. The Labute approximate surface area is 175 Å². The number of carbonyl (C=O) groups is 2. The number of rotatable bonds is 9. The van der Waals surface area contributed by atoms with Crippen LogP contribution in [0.5, 0.6) is 11.5 Å². The molecule has 0 aliphatic heterocycles. The normalized spacial score (nSPS) is 10.2. The topological polar surface area (TPSA) is 89.6 Å². The summed E-state index contributed by atoms with van der Waals surface area (Å²) in [5.41, 5.74) is 2.06. The summed E-state index contributed by atoms with van der Waals surface area (Å²) in [5.74, 6) is 0.647. The Balaban J connectivity index is 1.52. The number of hydrogen-bond donors (Lipinski definition) is 2. The van der Waals surface area contributed by atoms with Gasteiger partial charge in [-0.2, -0.15) is 0 Å². The first kappa shape index (κ1) is 20.9. The highest BCUT2D eigenvalue weighted by Gasteiger charge is 2.10. The predicted octanol–water partition coefficient (Wildman–Crippen LogP) is 3.43. The van der Waals surface area contributed by atoms with Gasteiger partial charge in [-0.15, -0.1) is 0 Å². The zero-order valence-electron chi connectivity index (χ0n) is 16.6. The molecule has 7 heteroatoms. The highest BCUT2D eigenvalue weighted by atomic mass is 16.5. The van der Waals surface area contributed by atoms with Crippen LogP contribution in [0.15, 0.2) is 73.1 Å². The fourth-order valence-corrected chi connectivity index (χ4v) is 2.72. The van der Waals surface area contributed by atoms with E-state index >= 15 is 0 Å². The van der Waals surface area contributed by atoms with E-state index < -0.39 is 0 Å². The quantitative estimate of drug-likeness (QED) is 0.569. The van der Waals surface area contributed by atoms with Crippen molar-refractivity contribution in [2.45, 2.75) is 13.0 Å². The molecule has 0 bridgehead atoms. The summed E-state index contributed by atoms with van der Waals surface area (Å²) in [6.07, 6.45) is 3.57. The highest BCUT2D eigenvalue weighted by Crippen LogP contribution is 2.31. The van der Waals surface area contributed by atoms with Crippen LogP contribution in [0.25, 0.3) is 0 Å². The van der Waals surface area contributed by atoms with Crippen molar-refractivity contribution in [2.24, 2.45) is 0 Å². The van der Waals surface area contributed by atoms with Gasteiger partial charge in [-0.3, -0.25) is 14.6 Å². The molecule has 7 nitrogen and oxygen atoms in total. The number of methoxy groups -OCH3 is 1. The van der Waals surface area contributed by atoms with E-state index in [0.29, 0.717) is 29.4 Å². The van der Waals surface area contributed by atoms with E-state index in [4.69, 9.17) is 9.47 Å². The third kappa shape index (κ3) is 6.07. The number of ether oxygens (including phenoxy) is 2. The van der Waals surface area contributed by atoms with Crippen LogP contribution in [-0.2, 0) is 11.4 Å². The molecule has 0 fully saturated rings. The zero-order chi connectivity index (χ0) is 21.2. The number of aromatic nitrogens is 1. The molecule has 2 amide bonds. The zero-order valence-corrected chi connectivity index (χ0v) is 16.6. The molecular formula is C23H23N3O4. The second-order valence-electron chi connectivity index (χ2n) is 6.44. The molecule has 3 rings (SSSR count). The minimum atomic E-state index is -0.216. The smallest absolute Gasteiger partial charge is 0.251 e. The maximum absolute atomic E-state index is 12.2. The lowest BCUT2D eigenvalue weighted by Gasteiger charge is -2.13. The van der Waals surface area contributed by atoms with Crippen LogP contribution in [0.4, 0.5) is 5.69 Å². The molecule has 2 aromatic carbocycles. The summed E-state index contributed by atoms with van der Waals surface area (Å²) in [7, 11) is 1.56. The van der Waals surface area contributed by atoms with Gasteiger partial charge in [0.15, 0.2) is 11.5 Å². The fourth-order valence-electron chi connectivity index (χ4n) is 2.72. The first-order valence-electron chi connectivity index (χ1n) is 9.48. The van der Waals surface area contributed by atoms with Crippen LogP contribution in [0.3, 0.4) is 0 Å². The van der Waals surface area contributed by atoms with E-state index in [0.717, 1.165) is 5.56 Å². The molecule has 0 aliphatic carbocycles. The van der Waals surface area contributed by atoms with Gasteiger partial charge in [-0.25, -0.2) is 0 Å². The molecule has 0 radical (unpaired) electrons. The van der Waals surface area contributed by atoms with Crippen molar-refractivity contribution in [2.75, 3.05) is 19.0 Å². The molecule has 0 spiro atoms. The first-order valence-corrected chi connectivity index (χ1v) is 9.48. The van der Waals surface area contributed by atoms with Gasteiger partial charge in [-0.1, -0.05) is 24.3 Å².